The molecule has 0 amide bonds. The summed E-state index contributed by atoms with van der Waals surface area (Å²) in [7, 11) is 1.55. The summed E-state index contributed by atoms with van der Waals surface area (Å²) in [6.45, 7) is 1.24. The Morgan fingerprint density at radius 1 is 1.27 bits per heavy atom. The smallest absolute Gasteiger partial charge is 0.339 e. The number of methoxy groups -OCH3 is 1. The molecule has 0 aliphatic carbocycles. The third kappa shape index (κ3) is 5.51. The molecule has 0 aliphatic rings. The first-order chi connectivity index (χ1) is 12.4. The van der Waals surface area contributed by atoms with Crippen LogP contribution in [0.4, 0.5) is 15.8 Å². The highest BCUT2D eigenvalue weighted by Crippen LogP contribution is 2.23. The zero-order valence-electron chi connectivity index (χ0n) is 14.0. The van der Waals surface area contributed by atoms with Gasteiger partial charge in [-0.25, -0.2) is 9.18 Å². The Labute approximate surface area is 162 Å². The molecule has 9 heteroatoms. The molecular formula is C17H18FIN2O5. The lowest BCUT2D eigenvalue weighted by atomic mass is 10.2. The van der Waals surface area contributed by atoms with Gasteiger partial charge in [0.2, 0.25) is 0 Å². The number of carboxylic acids is 1. The summed E-state index contributed by atoms with van der Waals surface area (Å²) in [5.74, 6) is -1.77. The van der Waals surface area contributed by atoms with E-state index in [0.29, 0.717) is 16.8 Å². The van der Waals surface area contributed by atoms with Gasteiger partial charge in [0, 0.05) is 29.5 Å². The maximum atomic E-state index is 14.0. The average molecular weight is 476 g/mol. The van der Waals surface area contributed by atoms with Crippen molar-refractivity contribution in [2.75, 3.05) is 32.2 Å². The lowest BCUT2D eigenvalue weighted by Gasteiger charge is -2.13. The molecule has 0 aliphatic heterocycles. The van der Waals surface area contributed by atoms with Crippen LogP contribution in [0.25, 0.3) is 0 Å². The van der Waals surface area contributed by atoms with Crippen LogP contribution >= 0.6 is 22.6 Å². The standard InChI is InChI=1S/C17H18FIN2O5/c1-25-6-7-26-5-4-21-10-12(17(23)24)15(9-16(21)22)20-14-3-2-11(19)8-13(14)18/h2-3,8-10,20H,4-7H2,1H3,(H,23,24). The minimum Gasteiger partial charge on any atom is -0.478 e. The van der Waals surface area contributed by atoms with Gasteiger partial charge in [-0.2, -0.15) is 0 Å². The van der Waals surface area contributed by atoms with E-state index in [2.05, 4.69) is 5.32 Å². The van der Waals surface area contributed by atoms with Crippen LogP contribution in [0, 0.1) is 9.39 Å². The molecule has 2 rings (SSSR count). The predicted octanol–water partition coefficient (Wildman–Crippen LogP) is 2.70. The van der Waals surface area contributed by atoms with E-state index in [9.17, 15) is 19.1 Å². The summed E-state index contributed by atoms with van der Waals surface area (Å²) in [5.41, 5.74) is -0.440. The van der Waals surface area contributed by atoms with Crippen LogP contribution in [-0.4, -0.2) is 42.6 Å². The number of pyridine rings is 1. The molecule has 7 nitrogen and oxygen atoms in total. The minimum absolute atomic E-state index is 0.0270. The first kappa shape index (κ1) is 20.3. The second-order valence-electron chi connectivity index (χ2n) is 5.29. The molecule has 26 heavy (non-hydrogen) atoms. The third-order valence-corrected chi connectivity index (χ3v) is 4.14. The van der Waals surface area contributed by atoms with Crippen molar-refractivity contribution in [2.24, 2.45) is 0 Å². The first-order valence-corrected chi connectivity index (χ1v) is 8.76. The van der Waals surface area contributed by atoms with E-state index in [0.717, 1.165) is 6.07 Å². The molecule has 0 atom stereocenters. The van der Waals surface area contributed by atoms with Crippen molar-refractivity contribution in [3.05, 3.63) is 55.8 Å². The molecule has 0 saturated carbocycles. The Balaban J connectivity index is 2.22. The molecule has 0 fully saturated rings. The molecule has 140 valence electrons. The van der Waals surface area contributed by atoms with Gasteiger partial charge in [0.25, 0.3) is 5.56 Å². The number of rotatable bonds is 9. The zero-order valence-corrected chi connectivity index (χ0v) is 16.2. The predicted molar refractivity (Wildman–Crippen MR) is 103 cm³/mol. The summed E-state index contributed by atoms with van der Waals surface area (Å²) in [5, 5.41) is 12.1. The van der Waals surface area contributed by atoms with Crippen molar-refractivity contribution in [2.45, 2.75) is 6.54 Å². The van der Waals surface area contributed by atoms with Gasteiger partial charge in [-0.05, 0) is 40.8 Å². The van der Waals surface area contributed by atoms with Gasteiger partial charge >= 0.3 is 5.97 Å². The average Bonchev–Trinajstić information content (AvgIpc) is 2.58. The van der Waals surface area contributed by atoms with Crippen LogP contribution < -0.4 is 10.9 Å². The number of nitrogens with zero attached hydrogens (tertiary/aromatic N) is 1. The van der Waals surface area contributed by atoms with Crippen molar-refractivity contribution in [3.63, 3.8) is 0 Å². The van der Waals surface area contributed by atoms with Gasteiger partial charge in [0.1, 0.15) is 5.82 Å². The maximum absolute atomic E-state index is 14.0. The van der Waals surface area contributed by atoms with Gasteiger partial charge in [-0.15, -0.1) is 0 Å². The summed E-state index contributed by atoms with van der Waals surface area (Å²) in [4.78, 5) is 23.8. The molecule has 1 aromatic carbocycles. The number of benzene rings is 1. The summed E-state index contributed by atoms with van der Waals surface area (Å²) < 4.78 is 26.1. The molecule has 0 spiro atoms. The number of anilines is 2. The van der Waals surface area contributed by atoms with Crippen LogP contribution in [-0.2, 0) is 16.0 Å². The monoisotopic (exact) mass is 476 g/mol. The summed E-state index contributed by atoms with van der Waals surface area (Å²) >= 11 is 1.97. The van der Waals surface area contributed by atoms with Crippen LogP contribution in [0.15, 0.2) is 35.3 Å². The molecule has 0 unspecified atom stereocenters. The van der Waals surface area contributed by atoms with Crippen LogP contribution in [0.1, 0.15) is 10.4 Å². The van der Waals surface area contributed by atoms with Crippen molar-refractivity contribution < 1.29 is 23.8 Å². The Hall–Kier alpha value is -1.98. The van der Waals surface area contributed by atoms with Crippen molar-refractivity contribution in [1.82, 2.24) is 4.57 Å². The SMILES string of the molecule is COCCOCCn1cc(C(=O)O)c(Nc2ccc(I)cc2F)cc1=O. The molecule has 0 radical (unpaired) electrons. The highest BCUT2D eigenvalue weighted by atomic mass is 127. The number of ether oxygens (including phenoxy) is 2. The van der Waals surface area contributed by atoms with E-state index in [1.807, 2.05) is 22.6 Å². The number of carbonyl (C=O) groups is 1. The van der Waals surface area contributed by atoms with E-state index in [4.69, 9.17) is 9.47 Å². The molecule has 1 aromatic heterocycles. The first-order valence-electron chi connectivity index (χ1n) is 7.69. The van der Waals surface area contributed by atoms with Gasteiger partial charge in [0.15, 0.2) is 0 Å². The number of hydrogen-bond donors (Lipinski definition) is 2. The molecule has 2 aromatic rings. The second-order valence-corrected chi connectivity index (χ2v) is 6.54. The van der Waals surface area contributed by atoms with E-state index in [-0.39, 0.29) is 30.1 Å². The Bertz CT molecular complexity index is 840. The minimum atomic E-state index is -1.23. The van der Waals surface area contributed by atoms with Crippen molar-refractivity contribution in [1.29, 1.82) is 0 Å². The van der Waals surface area contributed by atoms with Crippen LogP contribution in [0.2, 0.25) is 0 Å². The highest BCUT2D eigenvalue weighted by Gasteiger charge is 2.15. The number of aromatic carboxylic acids is 1. The molecule has 0 bridgehead atoms. The van der Waals surface area contributed by atoms with Gasteiger partial charge in [-0.3, -0.25) is 4.79 Å². The van der Waals surface area contributed by atoms with E-state index in [1.54, 1.807) is 13.2 Å². The van der Waals surface area contributed by atoms with Crippen molar-refractivity contribution >= 4 is 39.9 Å². The summed E-state index contributed by atoms with van der Waals surface area (Å²) in [6.07, 6.45) is 1.22. The fourth-order valence-electron chi connectivity index (χ4n) is 2.16. The number of hydrogen-bond acceptors (Lipinski definition) is 5. The maximum Gasteiger partial charge on any atom is 0.339 e. The lowest BCUT2D eigenvalue weighted by molar-refractivity contribution is 0.0657. The van der Waals surface area contributed by atoms with Gasteiger partial charge < -0.3 is 24.5 Å². The Morgan fingerprint density at radius 3 is 2.69 bits per heavy atom. The van der Waals surface area contributed by atoms with Crippen LogP contribution in [0.5, 0.6) is 0 Å². The lowest BCUT2D eigenvalue weighted by Crippen LogP contribution is -2.24. The molecule has 2 N–H and O–H groups in total. The quantitative estimate of drug-likeness (QED) is 0.428. The Kier molecular flexibility index (Phi) is 7.54. The van der Waals surface area contributed by atoms with Gasteiger partial charge in [-0.1, -0.05) is 0 Å². The van der Waals surface area contributed by atoms with Crippen LogP contribution in [0.3, 0.4) is 0 Å². The molecule has 1 heterocycles. The van der Waals surface area contributed by atoms with Gasteiger partial charge in [0.05, 0.1) is 36.8 Å². The zero-order chi connectivity index (χ0) is 19.1. The molecule has 0 saturated heterocycles. The van der Waals surface area contributed by atoms with Crippen molar-refractivity contribution in [3.8, 4) is 0 Å². The highest BCUT2D eigenvalue weighted by molar-refractivity contribution is 14.1. The number of carboxylic acid groups (broad SMARTS) is 1. The normalized spacial score (nSPS) is 10.7. The summed E-state index contributed by atoms with van der Waals surface area (Å²) in [6, 6.07) is 5.60. The van der Waals surface area contributed by atoms with E-state index < -0.39 is 17.3 Å². The fraction of sp³-hybridized carbons (Fsp3) is 0.294. The van der Waals surface area contributed by atoms with E-state index >= 15 is 0 Å². The molecular weight excluding hydrogens is 458 g/mol. The Morgan fingerprint density at radius 2 is 2.04 bits per heavy atom. The second kappa shape index (κ2) is 9.64. The number of halogens is 2. The third-order valence-electron chi connectivity index (χ3n) is 3.47. The number of nitrogens with one attached hydrogen (secondary N) is 1. The largest absolute Gasteiger partial charge is 0.478 e. The number of aromatic nitrogens is 1. The topological polar surface area (TPSA) is 89.8 Å². The fourth-order valence-corrected chi connectivity index (χ4v) is 2.62. The van der Waals surface area contributed by atoms with E-state index in [1.165, 1.54) is 22.9 Å².